The summed E-state index contributed by atoms with van der Waals surface area (Å²) in [5.74, 6) is 0. The number of hydrogen-bond acceptors (Lipinski definition) is 0. The van der Waals surface area contributed by atoms with E-state index >= 15 is 0 Å². The van der Waals surface area contributed by atoms with Gasteiger partial charge in [0.2, 0.25) is 0 Å². The van der Waals surface area contributed by atoms with Crippen LogP contribution in [0.5, 0.6) is 0 Å². The van der Waals surface area contributed by atoms with Crippen LogP contribution in [-0.2, 0) is 0 Å². The van der Waals surface area contributed by atoms with Crippen LogP contribution in [0.3, 0.4) is 0 Å². The minimum absolute atomic E-state index is 0. The summed E-state index contributed by atoms with van der Waals surface area (Å²) in [7, 11) is -18.0. The van der Waals surface area contributed by atoms with Gasteiger partial charge in [-0.3, -0.25) is 0 Å². The molecule has 0 aromatic heterocycles. The van der Waals surface area contributed by atoms with E-state index in [2.05, 4.69) is 0 Å². The molecule has 0 saturated heterocycles. The molecule has 0 unspecified atom stereocenters. The Balaban J connectivity index is -0.0000000655. The zero-order valence-corrected chi connectivity index (χ0v) is 6.27. The predicted octanol–water partition coefficient (Wildman–Crippen LogP) is 2.98. The molecule has 100 valence electrons. The second-order valence-electron chi connectivity index (χ2n) is 1.48. The van der Waals surface area contributed by atoms with Gasteiger partial charge in [0.05, 0.1) is 0 Å². The van der Waals surface area contributed by atoms with Crippen molar-refractivity contribution >= 4 is 70.6 Å². The standard InChI is InChI=1S/3BF4.Ba.2H/c3*2-1(3,4)5;;;/q3*-1;;;. The van der Waals surface area contributed by atoms with Crippen LogP contribution in [0.25, 0.3) is 0 Å². The number of halogens is 12. The van der Waals surface area contributed by atoms with Crippen LogP contribution in [0, 0.1) is 0 Å². The average molecular weight is 400 g/mol. The molecule has 0 aromatic rings. The van der Waals surface area contributed by atoms with Crippen molar-refractivity contribution in [1.29, 1.82) is 0 Å². The zero-order chi connectivity index (χ0) is 13.5. The molecule has 0 aliphatic rings. The second kappa shape index (κ2) is 9.91. The molecule has 16 heavy (non-hydrogen) atoms. The van der Waals surface area contributed by atoms with Gasteiger partial charge in [-0.2, -0.15) is 0 Å². The van der Waals surface area contributed by atoms with Crippen LogP contribution in [0.4, 0.5) is 51.8 Å². The third kappa shape index (κ3) is 3370. The van der Waals surface area contributed by atoms with E-state index in [4.69, 9.17) is 0 Å². The Bertz CT molecular complexity index is 91.3. The fourth-order valence-electron chi connectivity index (χ4n) is 0. The van der Waals surface area contributed by atoms with Crippen molar-refractivity contribution in [3.8, 4) is 0 Å². The van der Waals surface area contributed by atoms with E-state index in [1.807, 2.05) is 0 Å². The normalized spacial score (nSPS) is 11.2. The van der Waals surface area contributed by atoms with Crippen molar-refractivity contribution in [3.05, 3.63) is 0 Å². The molecule has 0 nitrogen and oxygen atoms in total. The molecule has 0 radical (unpaired) electrons. The van der Waals surface area contributed by atoms with Gasteiger partial charge >= 0.3 is 70.6 Å². The summed E-state index contributed by atoms with van der Waals surface area (Å²) in [4.78, 5) is 0. The predicted molar refractivity (Wildman–Crippen MR) is 39.1 cm³/mol. The Hall–Kier alpha value is 0.926. The molecule has 16 heteroatoms. The van der Waals surface area contributed by atoms with Crippen LogP contribution < -0.4 is 0 Å². The molecule has 0 rings (SSSR count). The van der Waals surface area contributed by atoms with Gasteiger partial charge < -0.3 is 51.8 Å². The van der Waals surface area contributed by atoms with Gasteiger partial charge in [-0.1, -0.05) is 0 Å². The first-order chi connectivity index (χ1) is 6.00. The number of hydrogen-bond donors (Lipinski definition) is 0. The monoisotopic (exact) mass is 401 g/mol. The van der Waals surface area contributed by atoms with Gasteiger partial charge in [0.25, 0.3) is 0 Å². The summed E-state index contributed by atoms with van der Waals surface area (Å²) in [6.45, 7) is 0. The summed E-state index contributed by atoms with van der Waals surface area (Å²) < 4.78 is 117. The molecule has 0 amide bonds. The van der Waals surface area contributed by atoms with E-state index in [-0.39, 0.29) is 48.9 Å². The molecule has 0 aliphatic heterocycles. The molecule has 0 heterocycles. The fourth-order valence-corrected chi connectivity index (χ4v) is 0. The van der Waals surface area contributed by atoms with E-state index in [9.17, 15) is 51.8 Å². The van der Waals surface area contributed by atoms with Gasteiger partial charge in [-0.05, 0) is 0 Å². The average Bonchev–Trinajstić information content (AvgIpc) is 1.41. The van der Waals surface area contributed by atoms with Gasteiger partial charge in [0, 0.05) is 0 Å². The van der Waals surface area contributed by atoms with Crippen LogP contribution in [-0.4, -0.2) is 70.6 Å². The molecular formula is H2B3BaF12-3. The summed E-state index contributed by atoms with van der Waals surface area (Å²) in [5.41, 5.74) is 0. The van der Waals surface area contributed by atoms with E-state index in [1.54, 1.807) is 0 Å². The SMILES string of the molecule is F[B-](F)(F)F.F[B-](F)(F)F.F[B-](F)(F)F.[BaH2]. The first kappa shape index (κ1) is 25.7. The molecule has 0 saturated carbocycles. The first-order valence-electron chi connectivity index (χ1n) is 2.62. The van der Waals surface area contributed by atoms with Crippen LogP contribution in [0.15, 0.2) is 0 Å². The first-order valence-corrected chi connectivity index (χ1v) is 2.62. The van der Waals surface area contributed by atoms with Gasteiger partial charge in [0.1, 0.15) is 0 Å². The van der Waals surface area contributed by atoms with Crippen LogP contribution in [0.2, 0.25) is 0 Å². The zero-order valence-electron chi connectivity index (χ0n) is 6.27. The maximum absolute atomic E-state index is 9.75. The molecule has 0 aliphatic carbocycles. The van der Waals surface area contributed by atoms with Gasteiger partial charge in [-0.15, -0.1) is 0 Å². The van der Waals surface area contributed by atoms with Crippen molar-refractivity contribution in [1.82, 2.24) is 0 Å². The van der Waals surface area contributed by atoms with E-state index in [1.165, 1.54) is 0 Å². The van der Waals surface area contributed by atoms with E-state index in [0.717, 1.165) is 0 Å². The van der Waals surface area contributed by atoms with Crippen molar-refractivity contribution in [2.45, 2.75) is 0 Å². The number of rotatable bonds is 0. The van der Waals surface area contributed by atoms with Crippen molar-refractivity contribution in [2.24, 2.45) is 0 Å². The fraction of sp³-hybridized carbons (Fsp3) is 0. The van der Waals surface area contributed by atoms with Crippen molar-refractivity contribution in [3.63, 3.8) is 0 Å². The molecule has 0 fully saturated rings. The second-order valence-corrected chi connectivity index (χ2v) is 1.48. The summed E-state index contributed by atoms with van der Waals surface area (Å²) in [6.07, 6.45) is 0. The topological polar surface area (TPSA) is 0 Å². The summed E-state index contributed by atoms with van der Waals surface area (Å²) in [5, 5.41) is 0. The summed E-state index contributed by atoms with van der Waals surface area (Å²) in [6, 6.07) is 0. The van der Waals surface area contributed by atoms with Crippen LogP contribution in [0.1, 0.15) is 0 Å². The van der Waals surface area contributed by atoms with Crippen molar-refractivity contribution in [2.75, 3.05) is 0 Å². The molecule has 0 bridgehead atoms. The Labute approximate surface area is 122 Å². The summed E-state index contributed by atoms with van der Waals surface area (Å²) >= 11 is 0. The van der Waals surface area contributed by atoms with Crippen molar-refractivity contribution < 1.29 is 51.8 Å². The van der Waals surface area contributed by atoms with E-state index in [0.29, 0.717) is 0 Å². The minimum atomic E-state index is -6.00. The molecule has 0 N–H and O–H groups in total. The molecular weight excluding hydrogens is 398 g/mol. The molecule has 0 aromatic carbocycles. The Morgan fingerprint density at radius 1 is 0.312 bits per heavy atom. The Morgan fingerprint density at radius 3 is 0.312 bits per heavy atom. The van der Waals surface area contributed by atoms with E-state index < -0.39 is 21.8 Å². The van der Waals surface area contributed by atoms with Crippen LogP contribution >= 0.6 is 0 Å². The Kier molecular flexibility index (Phi) is 15.9. The third-order valence-corrected chi connectivity index (χ3v) is 0. The third-order valence-electron chi connectivity index (χ3n) is 0. The maximum atomic E-state index is 9.75. The molecule has 0 atom stereocenters. The van der Waals surface area contributed by atoms with Gasteiger partial charge in [0.15, 0.2) is 0 Å². The molecule has 0 spiro atoms. The Morgan fingerprint density at radius 2 is 0.312 bits per heavy atom. The van der Waals surface area contributed by atoms with Gasteiger partial charge in [-0.25, -0.2) is 0 Å². The quantitative estimate of drug-likeness (QED) is 0.434.